The number of nitrogens with one attached hydrogen (secondary N) is 1. The third-order valence-corrected chi connectivity index (χ3v) is 4.59. The first-order valence-electron chi connectivity index (χ1n) is 7.28. The van der Waals surface area contributed by atoms with Crippen LogP contribution in [0, 0.1) is 11.2 Å². The smallest absolute Gasteiger partial charge is 0.139 e. The Bertz CT molecular complexity index is 787. The summed E-state index contributed by atoms with van der Waals surface area (Å²) in [5.41, 5.74) is 1.98. The molecule has 0 saturated carbocycles. The summed E-state index contributed by atoms with van der Waals surface area (Å²) < 4.78 is 13.1. The van der Waals surface area contributed by atoms with Crippen LogP contribution in [0.2, 0.25) is 0 Å². The third kappa shape index (κ3) is 2.86. The molecule has 4 nitrogen and oxygen atoms in total. The summed E-state index contributed by atoms with van der Waals surface area (Å²) in [6, 6.07) is 5.89. The molecular formula is C17H18FN3OS. The van der Waals surface area contributed by atoms with Crippen molar-refractivity contribution in [3.05, 3.63) is 51.9 Å². The Morgan fingerprint density at radius 1 is 1.26 bits per heavy atom. The standard InChI is InChI=1S/C17H18FN3OS/c1-17(2,3)13-9-23-16(20-13)14-12(22)8-21(15(14)19)11-6-4-10(18)5-7-11/h4-7,9,19,22H,8H2,1-3H3. The van der Waals surface area contributed by atoms with Gasteiger partial charge in [-0.1, -0.05) is 20.8 Å². The predicted molar refractivity (Wildman–Crippen MR) is 91.8 cm³/mol. The van der Waals surface area contributed by atoms with Crippen molar-refractivity contribution >= 4 is 28.4 Å². The molecule has 3 rings (SSSR count). The number of aliphatic hydroxyl groups excluding tert-OH is 1. The van der Waals surface area contributed by atoms with Crippen molar-refractivity contribution in [2.45, 2.75) is 26.2 Å². The summed E-state index contributed by atoms with van der Waals surface area (Å²) in [7, 11) is 0. The van der Waals surface area contributed by atoms with Gasteiger partial charge in [-0.15, -0.1) is 11.3 Å². The van der Waals surface area contributed by atoms with Crippen molar-refractivity contribution in [1.82, 2.24) is 4.98 Å². The van der Waals surface area contributed by atoms with Crippen molar-refractivity contribution in [3.63, 3.8) is 0 Å². The molecule has 2 aromatic rings. The molecule has 0 atom stereocenters. The zero-order valence-corrected chi connectivity index (χ0v) is 14.0. The maximum Gasteiger partial charge on any atom is 0.139 e. The van der Waals surface area contributed by atoms with E-state index < -0.39 is 0 Å². The predicted octanol–water partition coefficient (Wildman–Crippen LogP) is 4.35. The number of rotatable bonds is 2. The van der Waals surface area contributed by atoms with Crippen LogP contribution in [-0.2, 0) is 5.41 Å². The number of hydrogen-bond donors (Lipinski definition) is 2. The van der Waals surface area contributed by atoms with Crippen LogP contribution in [0.4, 0.5) is 10.1 Å². The molecule has 23 heavy (non-hydrogen) atoms. The first kappa shape index (κ1) is 15.7. The zero-order chi connectivity index (χ0) is 16.8. The minimum atomic E-state index is -0.327. The summed E-state index contributed by atoms with van der Waals surface area (Å²) in [5, 5.41) is 21.3. The Morgan fingerprint density at radius 2 is 1.91 bits per heavy atom. The second-order valence-electron chi connectivity index (χ2n) is 6.52. The van der Waals surface area contributed by atoms with Gasteiger partial charge in [-0.2, -0.15) is 0 Å². The summed E-state index contributed by atoms with van der Waals surface area (Å²) in [6.07, 6.45) is 0. The normalized spacial score (nSPS) is 15.7. The first-order chi connectivity index (χ1) is 10.8. The lowest BCUT2D eigenvalue weighted by molar-refractivity contribution is 0.411. The molecule has 120 valence electrons. The molecule has 0 unspecified atom stereocenters. The number of aromatic nitrogens is 1. The highest BCUT2D eigenvalue weighted by molar-refractivity contribution is 7.11. The molecule has 0 spiro atoms. The average Bonchev–Trinajstić information content (AvgIpc) is 3.05. The molecule has 0 saturated heterocycles. The summed E-state index contributed by atoms with van der Waals surface area (Å²) in [6.45, 7) is 6.42. The molecule has 0 aliphatic carbocycles. The van der Waals surface area contributed by atoms with Crippen LogP contribution in [0.15, 0.2) is 35.4 Å². The fourth-order valence-electron chi connectivity index (χ4n) is 2.38. The van der Waals surface area contributed by atoms with E-state index in [4.69, 9.17) is 5.41 Å². The van der Waals surface area contributed by atoms with E-state index in [0.29, 0.717) is 16.3 Å². The number of amidine groups is 1. The second-order valence-corrected chi connectivity index (χ2v) is 7.38. The highest BCUT2D eigenvalue weighted by Gasteiger charge is 2.32. The molecule has 2 N–H and O–H groups in total. The van der Waals surface area contributed by atoms with Gasteiger partial charge >= 0.3 is 0 Å². The number of benzene rings is 1. The van der Waals surface area contributed by atoms with E-state index in [0.717, 1.165) is 5.69 Å². The van der Waals surface area contributed by atoms with Crippen molar-refractivity contribution in [1.29, 1.82) is 5.41 Å². The van der Waals surface area contributed by atoms with E-state index in [9.17, 15) is 9.50 Å². The Hall–Kier alpha value is -2.21. The van der Waals surface area contributed by atoms with E-state index in [1.807, 2.05) is 5.38 Å². The molecule has 0 bridgehead atoms. The van der Waals surface area contributed by atoms with Gasteiger partial charge in [0.2, 0.25) is 0 Å². The van der Waals surface area contributed by atoms with Gasteiger partial charge in [0, 0.05) is 16.5 Å². The summed E-state index contributed by atoms with van der Waals surface area (Å²) >= 11 is 1.42. The lowest BCUT2D eigenvalue weighted by atomic mass is 9.93. The number of aliphatic hydroxyl groups is 1. The van der Waals surface area contributed by atoms with Crippen molar-refractivity contribution in [2.75, 3.05) is 11.4 Å². The number of anilines is 1. The van der Waals surface area contributed by atoms with Crippen molar-refractivity contribution in [3.8, 4) is 0 Å². The largest absolute Gasteiger partial charge is 0.510 e. The minimum Gasteiger partial charge on any atom is -0.510 e. The Kier molecular flexibility index (Phi) is 3.72. The third-order valence-electron chi connectivity index (χ3n) is 3.73. The van der Waals surface area contributed by atoms with Crippen LogP contribution in [0.25, 0.3) is 5.57 Å². The van der Waals surface area contributed by atoms with Crippen LogP contribution in [0.5, 0.6) is 0 Å². The van der Waals surface area contributed by atoms with Gasteiger partial charge in [-0.05, 0) is 24.3 Å². The first-order valence-corrected chi connectivity index (χ1v) is 8.16. The number of hydrogen-bond acceptors (Lipinski definition) is 4. The van der Waals surface area contributed by atoms with E-state index in [-0.39, 0.29) is 29.4 Å². The molecule has 1 aromatic heterocycles. The van der Waals surface area contributed by atoms with E-state index >= 15 is 0 Å². The van der Waals surface area contributed by atoms with Gasteiger partial charge in [0.1, 0.15) is 22.4 Å². The monoisotopic (exact) mass is 331 g/mol. The molecular weight excluding hydrogens is 313 g/mol. The molecule has 1 aromatic carbocycles. The highest BCUT2D eigenvalue weighted by atomic mass is 32.1. The van der Waals surface area contributed by atoms with Crippen LogP contribution >= 0.6 is 11.3 Å². The Balaban J connectivity index is 1.92. The SMILES string of the molecule is CC(C)(C)c1csc(C2=C(O)CN(c3ccc(F)cc3)C2=N)n1. The van der Waals surface area contributed by atoms with Crippen LogP contribution in [0.1, 0.15) is 31.5 Å². The average molecular weight is 331 g/mol. The highest BCUT2D eigenvalue weighted by Crippen LogP contribution is 2.34. The molecule has 1 aliphatic heterocycles. The topological polar surface area (TPSA) is 60.2 Å². The van der Waals surface area contributed by atoms with Crippen LogP contribution < -0.4 is 4.90 Å². The molecule has 0 amide bonds. The molecule has 6 heteroatoms. The molecule has 1 aliphatic rings. The van der Waals surface area contributed by atoms with Crippen molar-refractivity contribution < 1.29 is 9.50 Å². The van der Waals surface area contributed by atoms with E-state index in [1.54, 1.807) is 17.0 Å². The second kappa shape index (κ2) is 5.45. The Labute approximate surface area is 138 Å². The van der Waals surface area contributed by atoms with E-state index in [2.05, 4.69) is 25.8 Å². The lowest BCUT2D eigenvalue weighted by Gasteiger charge is -2.18. The maximum absolute atomic E-state index is 13.1. The fourth-order valence-corrected chi connectivity index (χ4v) is 3.49. The van der Waals surface area contributed by atoms with E-state index in [1.165, 1.54) is 23.5 Å². The van der Waals surface area contributed by atoms with Gasteiger partial charge in [0.15, 0.2) is 0 Å². The summed E-state index contributed by atoms with van der Waals surface area (Å²) in [4.78, 5) is 6.22. The van der Waals surface area contributed by atoms with Gasteiger partial charge in [0.05, 0.1) is 17.8 Å². The molecule has 2 heterocycles. The van der Waals surface area contributed by atoms with Crippen LogP contribution in [0.3, 0.4) is 0 Å². The minimum absolute atomic E-state index is 0.0810. The van der Waals surface area contributed by atoms with Gasteiger partial charge in [-0.25, -0.2) is 9.37 Å². The van der Waals surface area contributed by atoms with Gasteiger partial charge < -0.3 is 10.0 Å². The number of halogens is 1. The number of nitrogens with zero attached hydrogens (tertiary/aromatic N) is 2. The lowest BCUT2D eigenvalue weighted by Crippen LogP contribution is -2.26. The number of thiazole rings is 1. The molecule has 0 fully saturated rings. The zero-order valence-electron chi connectivity index (χ0n) is 13.2. The van der Waals surface area contributed by atoms with Crippen LogP contribution in [-0.4, -0.2) is 22.5 Å². The van der Waals surface area contributed by atoms with Gasteiger partial charge in [0.25, 0.3) is 0 Å². The fraction of sp³-hybridized carbons (Fsp3) is 0.294. The quantitative estimate of drug-likeness (QED) is 0.860. The maximum atomic E-state index is 13.1. The summed E-state index contributed by atoms with van der Waals surface area (Å²) in [5.74, 6) is -0.0234. The van der Waals surface area contributed by atoms with Crippen molar-refractivity contribution in [2.24, 2.45) is 0 Å². The van der Waals surface area contributed by atoms with Gasteiger partial charge in [-0.3, -0.25) is 5.41 Å². The molecule has 0 radical (unpaired) electrons. The Morgan fingerprint density at radius 3 is 2.48 bits per heavy atom.